The first-order valence-electron chi connectivity index (χ1n) is 12.4. The van der Waals surface area contributed by atoms with Crippen molar-refractivity contribution in [3.05, 3.63) is 29.7 Å². The number of carboxylic acid groups (broad SMARTS) is 1. The number of aryl methyl sites for hydroxylation is 2. The third kappa shape index (κ3) is 5.28. The Morgan fingerprint density at radius 1 is 1.23 bits per heavy atom. The first-order chi connectivity index (χ1) is 17.0. The Kier molecular flexibility index (Phi) is 6.65. The van der Waals surface area contributed by atoms with Crippen LogP contribution in [0.3, 0.4) is 0 Å². The van der Waals surface area contributed by atoms with E-state index in [2.05, 4.69) is 25.8 Å². The lowest BCUT2D eigenvalue weighted by Gasteiger charge is -2.27. The van der Waals surface area contributed by atoms with Gasteiger partial charge < -0.3 is 15.2 Å². The van der Waals surface area contributed by atoms with Crippen LogP contribution in [-0.2, 0) is 24.9 Å². The largest absolute Gasteiger partial charge is 0.489 e. The summed E-state index contributed by atoms with van der Waals surface area (Å²) in [6.45, 7) is 3.25. The Morgan fingerprint density at radius 3 is 2.80 bits per heavy atom. The van der Waals surface area contributed by atoms with E-state index in [-0.39, 0.29) is 12.0 Å². The number of anilines is 1. The zero-order valence-electron chi connectivity index (χ0n) is 20.2. The maximum absolute atomic E-state index is 11.4. The van der Waals surface area contributed by atoms with Gasteiger partial charge in [-0.05, 0) is 63.5 Å². The van der Waals surface area contributed by atoms with Gasteiger partial charge in [0, 0.05) is 7.05 Å². The maximum Gasteiger partial charge on any atom is 0.306 e. The molecule has 11 heteroatoms. The lowest BCUT2D eigenvalue weighted by molar-refractivity contribution is -0.143. The van der Waals surface area contributed by atoms with Crippen LogP contribution in [0.25, 0.3) is 11.4 Å². The Balaban J connectivity index is 1.25. The molecule has 0 aliphatic heterocycles. The molecule has 2 unspecified atom stereocenters. The number of nitrogens with zero attached hydrogens (tertiary/aromatic N) is 7. The van der Waals surface area contributed by atoms with Crippen LogP contribution in [0, 0.1) is 18.8 Å². The summed E-state index contributed by atoms with van der Waals surface area (Å²) in [4.78, 5) is 17.9. The highest BCUT2D eigenvalue weighted by Crippen LogP contribution is 2.31. The Bertz CT molecular complexity index is 1190. The summed E-state index contributed by atoms with van der Waals surface area (Å²) in [5.41, 5.74) is 3.03. The molecule has 2 saturated carbocycles. The molecule has 186 valence electrons. The summed E-state index contributed by atoms with van der Waals surface area (Å²) in [6.07, 6.45) is 8.42. The summed E-state index contributed by atoms with van der Waals surface area (Å²) in [7, 11) is 1.85. The van der Waals surface area contributed by atoms with Crippen LogP contribution < -0.4 is 10.1 Å². The van der Waals surface area contributed by atoms with Gasteiger partial charge in [-0.25, -0.2) is 9.67 Å². The molecule has 35 heavy (non-hydrogen) atoms. The molecule has 2 aliphatic rings. The van der Waals surface area contributed by atoms with Gasteiger partial charge in [0.2, 0.25) is 0 Å². The number of nitrogens with one attached hydrogen (secondary N) is 1. The van der Waals surface area contributed by atoms with E-state index in [1.807, 2.05) is 26.1 Å². The molecule has 3 aromatic rings. The number of rotatable bonds is 9. The number of carboxylic acids is 1. The molecule has 0 amide bonds. The molecule has 0 aromatic carbocycles. The van der Waals surface area contributed by atoms with Crippen molar-refractivity contribution in [3.8, 4) is 17.1 Å². The van der Waals surface area contributed by atoms with Gasteiger partial charge in [-0.1, -0.05) is 11.6 Å². The van der Waals surface area contributed by atoms with Crippen LogP contribution in [0.15, 0.2) is 18.3 Å². The topological polar surface area (TPSA) is 133 Å². The minimum absolute atomic E-state index is 0.106. The first kappa shape index (κ1) is 23.3. The van der Waals surface area contributed by atoms with Crippen molar-refractivity contribution >= 4 is 11.8 Å². The predicted octanol–water partition coefficient (Wildman–Crippen LogP) is 3.21. The summed E-state index contributed by atoms with van der Waals surface area (Å²) < 4.78 is 7.88. The Labute approximate surface area is 203 Å². The van der Waals surface area contributed by atoms with E-state index in [1.165, 1.54) is 19.3 Å². The van der Waals surface area contributed by atoms with Gasteiger partial charge in [0.15, 0.2) is 5.82 Å². The van der Waals surface area contributed by atoms with Gasteiger partial charge in [0.05, 0.1) is 48.4 Å². The zero-order valence-corrected chi connectivity index (χ0v) is 20.2. The minimum atomic E-state index is -0.742. The SMILES string of the molecule is Cc1nc(-c2nnn(C)c2CNc2cnn(CC3CCC3)n2)ccc1OC1CCCC(C(=O)O)C1. The monoisotopic (exact) mass is 480 g/mol. The molecule has 0 spiro atoms. The van der Waals surface area contributed by atoms with Crippen molar-refractivity contribution in [3.63, 3.8) is 0 Å². The Hall–Kier alpha value is -3.50. The molecule has 3 heterocycles. The third-order valence-electron chi connectivity index (χ3n) is 7.11. The van der Waals surface area contributed by atoms with Crippen molar-refractivity contribution in [1.82, 2.24) is 35.0 Å². The number of pyridine rings is 1. The summed E-state index contributed by atoms with van der Waals surface area (Å²) >= 11 is 0. The molecular formula is C24H32N8O3. The lowest BCUT2D eigenvalue weighted by atomic mass is 9.86. The molecule has 0 radical (unpaired) electrons. The van der Waals surface area contributed by atoms with Crippen molar-refractivity contribution in [2.45, 2.75) is 71.1 Å². The number of carbonyl (C=O) groups is 1. The van der Waals surface area contributed by atoms with E-state index in [0.29, 0.717) is 42.4 Å². The molecular weight excluding hydrogens is 448 g/mol. The van der Waals surface area contributed by atoms with Crippen LogP contribution in [0.4, 0.5) is 5.82 Å². The average molecular weight is 481 g/mol. The molecule has 11 nitrogen and oxygen atoms in total. The summed E-state index contributed by atoms with van der Waals surface area (Å²) in [6, 6.07) is 3.77. The summed E-state index contributed by atoms with van der Waals surface area (Å²) in [5, 5.41) is 30.1. The molecule has 0 saturated heterocycles. The minimum Gasteiger partial charge on any atom is -0.489 e. The fraction of sp³-hybridized carbons (Fsp3) is 0.583. The fourth-order valence-electron chi connectivity index (χ4n) is 4.78. The van der Waals surface area contributed by atoms with E-state index in [0.717, 1.165) is 36.6 Å². The van der Waals surface area contributed by atoms with Crippen LogP contribution in [0.1, 0.15) is 56.3 Å². The Morgan fingerprint density at radius 2 is 2.06 bits per heavy atom. The van der Waals surface area contributed by atoms with Gasteiger partial charge >= 0.3 is 5.97 Å². The lowest BCUT2D eigenvalue weighted by Crippen LogP contribution is -2.29. The van der Waals surface area contributed by atoms with Crippen molar-refractivity contribution in [1.29, 1.82) is 0 Å². The highest BCUT2D eigenvalue weighted by molar-refractivity contribution is 5.70. The van der Waals surface area contributed by atoms with Crippen molar-refractivity contribution in [2.24, 2.45) is 18.9 Å². The van der Waals surface area contributed by atoms with E-state index >= 15 is 0 Å². The molecule has 2 fully saturated rings. The van der Waals surface area contributed by atoms with Gasteiger partial charge in [0.25, 0.3) is 0 Å². The maximum atomic E-state index is 11.4. The molecule has 0 bridgehead atoms. The van der Waals surface area contributed by atoms with Crippen LogP contribution in [0.5, 0.6) is 5.75 Å². The van der Waals surface area contributed by atoms with E-state index in [4.69, 9.17) is 9.72 Å². The van der Waals surface area contributed by atoms with E-state index < -0.39 is 5.97 Å². The highest BCUT2D eigenvalue weighted by atomic mass is 16.5. The molecule has 5 rings (SSSR count). The van der Waals surface area contributed by atoms with E-state index in [1.54, 1.807) is 15.7 Å². The smallest absolute Gasteiger partial charge is 0.306 e. The molecule has 2 N–H and O–H groups in total. The quantitative estimate of drug-likeness (QED) is 0.473. The van der Waals surface area contributed by atoms with Gasteiger partial charge in [-0.15, -0.1) is 10.2 Å². The third-order valence-corrected chi connectivity index (χ3v) is 7.11. The first-order valence-corrected chi connectivity index (χ1v) is 12.4. The molecule has 2 atom stereocenters. The average Bonchev–Trinajstić information content (AvgIpc) is 3.42. The standard InChI is InChI=1S/C24H32N8O3/c1-15-21(35-18-8-4-7-17(11-18)24(33)34)10-9-19(27-15)23-20(31(2)30-28-23)12-25-22-13-26-32(29-22)14-16-5-3-6-16/h9-10,13,16-18H,3-8,11-12,14H2,1-2H3,(H,25,29)(H,33,34). The van der Waals surface area contributed by atoms with Crippen molar-refractivity contribution < 1.29 is 14.6 Å². The van der Waals surface area contributed by atoms with Crippen molar-refractivity contribution in [2.75, 3.05) is 5.32 Å². The second kappa shape index (κ2) is 10.0. The summed E-state index contributed by atoms with van der Waals surface area (Å²) in [5.74, 6) is 1.01. The number of ether oxygens (including phenoxy) is 1. The van der Waals surface area contributed by atoms with Crippen LogP contribution in [0.2, 0.25) is 0 Å². The molecule has 3 aromatic heterocycles. The second-order valence-electron chi connectivity index (χ2n) is 9.67. The second-order valence-corrected chi connectivity index (χ2v) is 9.67. The number of aliphatic carboxylic acids is 1. The van der Waals surface area contributed by atoms with Crippen LogP contribution >= 0.6 is 0 Å². The number of aromatic nitrogens is 7. The fourth-order valence-corrected chi connectivity index (χ4v) is 4.78. The number of hydrogen-bond donors (Lipinski definition) is 2. The molecule has 2 aliphatic carbocycles. The van der Waals surface area contributed by atoms with Crippen LogP contribution in [-0.4, -0.2) is 52.2 Å². The highest BCUT2D eigenvalue weighted by Gasteiger charge is 2.28. The predicted molar refractivity (Wildman–Crippen MR) is 128 cm³/mol. The van der Waals surface area contributed by atoms with Gasteiger partial charge in [-0.3, -0.25) is 4.79 Å². The van der Waals surface area contributed by atoms with Gasteiger partial charge in [-0.2, -0.15) is 9.90 Å². The zero-order chi connectivity index (χ0) is 24.4. The van der Waals surface area contributed by atoms with E-state index in [9.17, 15) is 9.90 Å². The number of hydrogen-bond acceptors (Lipinski definition) is 8. The van der Waals surface area contributed by atoms with Gasteiger partial charge in [0.1, 0.15) is 11.4 Å². The normalized spacial score (nSPS) is 20.4.